The highest BCUT2D eigenvalue weighted by atomic mass is 16.5. The highest BCUT2D eigenvalue weighted by Gasteiger charge is 2.35. The van der Waals surface area contributed by atoms with Crippen LogP contribution in [0.1, 0.15) is 26.3 Å². The summed E-state index contributed by atoms with van der Waals surface area (Å²) in [5.41, 5.74) is 1.35. The van der Waals surface area contributed by atoms with Crippen molar-refractivity contribution in [3.8, 4) is 0 Å². The predicted octanol–water partition coefficient (Wildman–Crippen LogP) is 3.35. The van der Waals surface area contributed by atoms with Crippen molar-refractivity contribution in [3.05, 3.63) is 53.3 Å². The molecule has 0 aliphatic carbocycles. The molecule has 1 aromatic rings. The number of rotatable bonds is 2. The van der Waals surface area contributed by atoms with Crippen LogP contribution in [-0.4, -0.2) is 11.4 Å². The van der Waals surface area contributed by atoms with Gasteiger partial charge in [0.2, 0.25) is 5.78 Å². The fraction of sp³-hybridized carbons (Fsp3) is 0.267. The quantitative estimate of drug-likeness (QED) is 0.776. The van der Waals surface area contributed by atoms with E-state index in [9.17, 15) is 4.79 Å². The summed E-state index contributed by atoms with van der Waals surface area (Å²) in [6.45, 7) is 5.52. The molecule has 0 spiro atoms. The van der Waals surface area contributed by atoms with Gasteiger partial charge in [-0.25, -0.2) is 0 Å². The Hall–Kier alpha value is -1.83. The summed E-state index contributed by atoms with van der Waals surface area (Å²) < 4.78 is 5.64. The van der Waals surface area contributed by atoms with Crippen LogP contribution in [0.3, 0.4) is 0 Å². The van der Waals surface area contributed by atoms with Crippen molar-refractivity contribution in [2.45, 2.75) is 26.4 Å². The standard InChI is InChI=1S/C15H16O2/c1-11(9-12-7-5-4-6-8-12)13-10-14(16)15(2,3)17-13/h4-10H,1-3H3/b11-9+. The molecule has 0 saturated heterocycles. The largest absolute Gasteiger partial charge is 0.479 e. The first-order valence-electron chi connectivity index (χ1n) is 5.68. The van der Waals surface area contributed by atoms with E-state index in [1.165, 1.54) is 0 Å². The van der Waals surface area contributed by atoms with Crippen LogP contribution in [0.5, 0.6) is 0 Å². The summed E-state index contributed by atoms with van der Waals surface area (Å²) in [6.07, 6.45) is 3.59. The monoisotopic (exact) mass is 228 g/mol. The van der Waals surface area contributed by atoms with Crippen molar-refractivity contribution >= 4 is 11.9 Å². The summed E-state index contributed by atoms with van der Waals surface area (Å²) in [4.78, 5) is 11.6. The van der Waals surface area contributed by atoms with E-state index in [-0.39, 0.29) is 5.78 Å². The van der Waals surface area contributed by atoms with E-state index in [2.05, 4.69) is 0 Å². The molecular weight excluding hydrogens is 212 g/mol. The van der Waals surface area contributed by atoms with Gasteiger partial charge in [0.1, 0.15) is 5.76 Å². The van der Waals surface area contributed by atoms with Gasteiger partial charge < -0.3 is 4.74 Å². The third-order valence-electron chi connectivity index (χ3n) is 2.79. The van der Waals surface area contributed by atoms with E-state index < -0.39 is 5.60 Å². The van der Waals surface area contributed by atoms with Crippen LogP contribution in [0.4, 0.5) is 0 Å². The highest BCUT2D eigenvalue weighted by molar-refractivity contribution is 5.99. The second-order valence-corrected chi connectivity index (χ2v) is 4.72. The number of benzene rings is 1. The molecule has 0 N–H and O–H groups in total. The molecule has 2 nitrogen and oxygen atoms in total. The first-order valence-corrected chi connectivity index (χ1v) is 5.68. The number of carbonyl (C=O) groups is 1. The molecule has 0 bridgehead atoms. The van der Waals surface area contributed by atoms with Gasteiger partial charge in [0.15, 0.2) is 5.60 Å². The number of ether oxygens (including phenoxy) is 1. The average Bonchev–Trinajstić information content (AvgIpc) is 2.55. The Morgan fingerprint density at radius 1 is 1.24 bits per heavy atom. The number of carbonyl (C=O) groups excluding carboxylic acids is 1. The van der Waals surface area contributed by atoms with Gasteiger partial charge in [-0.1, -0.05) is 30.3 Å². The van der Waals surface area contributed by atoms with Crippen LogP contribution in [0.15, 0.2) is 47.7 Å². The van der Waals surface area contributed by atoms with Gasteiger partial charge in [-0.05, 0) is 38.0 Å². The lowest BCUT2D eigenvalue weighted by molar-refractivity contribution is -0.126. The van der Waals surface area contributed by atoms with E-state index in [0.29, 0.717) is 5.76 Å². The Kier molecular flexibility index (Phi) is 2.88. The van der Waals surface area contributed by atoms with E-state index >= 15 is 0 Å². The lowest BCUT2D eigenvalue weighted by Crippen LogP contribution is -2.27. The van der Waals surface area contributed by atoms with Gasteiger partial charge in [-0.2, -0.15) is 0 Å². The van der Waals surface area contributed by atoms with E-state index in [1.54, 1.807) is 19.9 Å². The molecule has 0 atom stereocenters. The summed E-state index contributed by atoms with van der Waals surface area (Å²) in [5, 5.41) is 0. The molecule has 1 heterocycles. The van der Waals surface area contributed by atoms with E-state index in [4.69, 9.17) is 4.74 Å². The fourth-order valence-corrected chi connectivity index (χ4v) is 1.71. The van der Waals surface area contributed by atoms with Gasteiger partial charge in [-0.3, -0.25) is 4.79 Å². The number of allylic oxidation sites excluding steroid dienone is 1. The van der Waals surface area contributed by atoms with E-state index in [1.807, 2.05) is 43.3 Å². The Morgan fingerprint density at radius 3 is 2.41 bits per heavy atom. The van der Waals surface area contributed by atoms with E-state index in [0.717, 1.165) is 11.1 Å². The number of ketones is 1. The van der Waals surface area contributed by atoms with Crippen LogP contribution >= 0.6 is 0 Å². The normalized spacial score (nSPS) is 18.9. The highest BCUT2D eigenvalue weighted by Crippen LogP contribution is 2.29. The van der Waals surface area contributed by atoms with Crippen LogP contribution in [0, 0.1) is 0 Å². The molecule has 1 aromatic carbocycles. The maximum atomic E-state index is 11.6. The summed E-state index contributed by atoms with van der Waals surface area (Å²) in [5.74, 6) is 0.692. The van der Waals surface area contributed by atoms with Gasteiger partial charge in [-0.15, -0.1) is 0 Å². The Morgan fingerprint density at radius 2 is 1.88 bits per heavy atom. The van der Waals surface area contributed by atoms with Crippen LogP contribution in [-0.2, 0) is 9.53 Å². The Bertz CT molecular complexity index is 493. The van der Waals surface area contributed by atoms with Crippen LogP contribution in [0.25, 0.3) is 6.08 Å². The summed E-state index contributed by atoms with van der Waals surface area (Å²) in [6, 6.07) is 9.98. The summed E-state index contributed by atoms with van der Waals surface area (Å²) >= 11 is 0. The zero-order chi connectivity index (χ0) is 12.5. The molecule has 1 aliphatic rings. The average molecular weight is 228 g/mol. The van der Waals surface area contributed by atoms with Crippen molar-refractivity contribution in [1.29, 1.82) is 0 Å². The number of hydrogen-bond donors (Lipinski definition) is 0. The third-order valence-corrected chi connectivity index (χ3v) is 2.79. The SMILES string of the molecule is C/C(=C\c1ccccc1)C1=CC(=O)C(C)(C)O1. The van der Waals surface area contributed by atoms with Crippen molar-refractivity contribution in [3.63, 3.8) is 0 Å². The first-order chi connectivity index (χ1) is 7.99. The molecule has 0 fully saturated rings. The first kappa shape index (κ1) is 11.6. The number of hydrogen-bond acceptors (Lipinski definition) is 2. The molecule has 0 radical (unpaired) electrons. The predicted molar refractivity (Wildman–Crippen MR) is 68.3 cm³/mol. The Labute approximate surface area is 102 Å². The molecule has 1 aliphatic heterocycles. The maximum Gasteiger partial charge on any atom is 0.202 e. The van der Waals surface area contributed by atoms with Crippen LogP contribution in [0.2, 0.25) is 0 Å². The minimum Gasteiger partial charge on any atom is -0.479 e. The molecule has 88 valence electrons. The van der Waals surface area contributed by atoms with Crippen molar-refractivity contribution < 1.29 is 9.53 Å². The Balaban J connectivity index is 2.23. The molecular formula is C15H16O2. The molecule has 17 heavy (non-hydrogen) atoms. The molecule has 0 unspecified atom stereocenters. The minimum absolute atomic E-state index is 0.0216. The van der Waals surface area contributed by atoms with Crippen molar-refractivity contribution in [2.75, 3.05) is 0 Å². The molecule has 0 amide bonds. The zero-order valence-electron chi connectivity index (χ0n) is 10.4. The lowest BCUT2D eigenvalue weighted by Gasteiger charge is -2.18. The van der Waals surface area contributed by atoms with Gasteiger partial charge >= 0.3 is 0 Å². The zero-order valence-corrected chi connectivity index (χ0v) is 10.4. The fourth-order valence-electron chi connectivity index (χ4n) is 1.71. The molecule has 0 aromatic heterocycles. The minimum atomic E-state index is -0.721. The smallest absolute Gasteiger partial charge is 0.202 e. The third kappa shape index (κ3) is 2.47. The maximum absolute atomic E-state index is 11.6. The van der Waals surface area contributed by atoms with Gasteiger partial charge in [0.05, 0.1) is 0 Å². The molecule has 0 saturated carbocycles. The van der Waals surface area contributed by atoms with Crippen molar-refractivity contribution in [2.24, 2.45) is 0 Å². The topological polar surface area (TPSA) is 26.3 Å². The molecule has 2 heteroatoms. The van der Waals surface area contributed by atoms with Gasteiger partial charge in [0.25, 0.3) is 0 Å². The van der Waals surface area contributed by atoms with Crippen LogP contribution < -0.4 is 0 Å². The van der Waals surface area contributed by atoms with Crippen molar-refractivity contribution in [1.82, 2.24) is 0 Å². The molecule has 2 rings (SSSR count). The second-order valence-electron chi connectivity index (χ2n) is 4.72. The summed E-state index contributed by atoms with van der Waals surface area (Å²) in [7, 11) is 0. The second kappa shape index (κ2) is 4.21. The van der Waals surface area contributed by atoms with Gasteiger partial charge in [0, 0.05) is 6.08 Å². The lowest BCUT2D eigenvalue weighted by atomic mass is 10.1.